The molecule has 29 heavy (non-hydrogen) atoms. The average molecular weight is 496 g/mol. The van der Waals surface area contributed by atoms with Gasteiger partial charge in [-0.2, -0.15) is 0 Å². The highest BCUT2D eigenvalue weighted by molar-refractivity contribution is 9.10. The second kappa shape index (κ2) is 9.30. The van der Waals surface area contributed by atoms with Gasteiger partial charge < -0.3 is 10.1 Å². The predicted molar refractivity (Wildman–Crippen MR) is 117 cm³/mol. The van der Waals surface area contributed by atoms with Crippen molar-refractivity contribution in [1.29, 1.82) is 0 Å². The molecule has 150 valence electrons. The molecule has 0 saturated heterocycles. The first kappa shape index (κ1) is 21.2. The average Bonchev–Trinajstić information content (AvgIpc) is 2.69. The molecule has 1 amide bonds. The van der Waals surface area contributed by atoms with Crippen LogP contribution in [0.4, 0.5) is 11.4 Å². The lowest BCUT2D eigenvalue weighted by molar-refractivity contribution is -0.118. The number of rotatable bonds is 7. The van der Waals surface area contributed by atoms with Gasteiger partial charge >= 0.3 is 0 Å². The summed E-state index contributed by atoms with van der Waals surface area (Å²) in [6, 6.07) is 19.7. The molecule has 2 N–H and O–H groups in total. The van der Waals surface area contributed by atoms with Gasteiger partial charge in [-0.05, 0) is 58.4 Å². The molecule has 0 atom stereocenters. The number of para-hydroxylation sites is 2. The van der Waals surface area contributed by atoms with E-state index in [4.69, 9.17) is 16.3 Å². The quantitative estimate of drug-likeness (QED) is 0.487. The SMILES string of the molecule is O=C(COc1ccc(S(=O)(=O)Nc2ccccc2)cc1Cl)Nc1ccccc1Br. The fourth-order valence-electron chi connectivity index (χ4n) is 2.38. The molecule has 0 aromatic heterocycles. The number of hydrogen-bond acceptors (Lipinski definition) is 4. The second-order valence-electron chi connectivity index (χ2n) is 5.88. The first-order valence-corrected chi connectivity index (χ1v) is 11.1. The van der Waals surface area contributed by atoms with Crippen molar-refractivity contribution in [2.75, 3.05) is 16.6 Å². The molecule has 3 rings (SSSR count). The summed E-state index contributed by atoms with van der Waals surface area (Å²) in [5.74, 6) is -0.178. The van der Waals surface area contributed by atoms with Crippen LogP contribution in [-0.2, 0) is 14.8 Å². The van der Waals surface area contributed by atoms with Gasteiger partial charge in [0.05, 0.1) is 15.6 Å². The van der Waals surface area contributed by atoms with Gasteiger partial charge in [0.15, 0.2) is 6.61 Å². The molecule has 9 heteroatoms. The Kier molecular flexibility index (Phi) is 6.79. The van der Waals surface area contributed by atoms with Gasteiger partial charge in [0.1, 0.15) is 5.75 Å². The van der Waals surface area contributed by atoms with Crippen molar-refractivity contribution in [3.8, 4) is 5.75 Å². The van der Waals surface area contributed by atoms with Crippen LogP contribution >= 0.6 is 27.5 Å². The van der Waals surface area contributed by atoms with Crippen molar-refractivity contribution < 1.29 is 17.9 Å². The van der Waals surface area contributed by atoms with Crippen LogP contribution in [0, 0.1) is 0 Å². The third-order valence-corrected chi connectivity index (χ3v) is 6.11. The lowest BCUT2D eigenvalue weighted by atomic mass is 10.3. The van der Waals surface area contributed by atoms with E-state index in [0.717, 1.165) is 4.47 Å². The number of hydrogen-bond donors (Lipinski definition) is 2. The van der Waals surface area contributed by atoms with Gasteiger partial charge in [-0.1, -0.05) is 41.9 Å². The lowest BCUT2D eigenvalue weighted by Crippen LogP contribution is -2.20. The van der Waals surface area contributed by atoms with Crippen LogP contribution in [0.25, 0.3) is 0 Å². The maximum atomic E-state index is 12.5. The molecule has 0 aliphatic heterocycles. The third kappa shape index (κ3) is 5.72. The maximum Gasteiger partial charge on any atom is 0.262 e. The van der Waals surface area contributed by atoms with Crippen molar-refractivity contribution in [3.05, 3.63) is 82.3 Å². The Morgan fingerprint density at radius 3 is 2.38 bits per heavy atom. The van der Waals surface area contributed by atoms with Gasteiger partial charge in [-0.3, -0.25) is 9.52 Å². The molecule has 0 unspecified atom stereocenters. The molecule has 0 aliphatic rings. The summed E-state index contributed by atoms with van der Waals surface area (Å²) in [6.07, 6.45) is 0. The zero-order chi connectivity index (χ0) is 20.9. The Morgan fingerprint density at radius 2 is 1.69 bits per heavy atom. The maximum absolute atomic E-state index is 12.5. The molecule has 0 radical (unpaired) electrons. The highest BCUT2D eigenvalue weighted by Crippen LogP contribution is 2.28. The Bertz CT molecular complexity index is 1120. The number of benzene rings is 3. The van der Waals surface area contributed by atoms with Crippen molar-refractivity contribution in [2.24, 2.45) is 0 Å². The molecule has 6 nitrogen and oxygen atoms in total. The lowest BCUT2D eigenvalue weighted by Gasteiger charge is -2.12. The molecule has 0 aliphatic carbocycles. The molecule has 0 spiro atoms. The summed E-state index contributed by atoms with van der Waals surface area (Å²) in [5, 5.41) is 2.78. The number of halogens is 2. The topological polar surface area (TPSA) is 84.5 Å². The summed E-state index contributed by atoms with van der Waals surface area (Å²) < 4.78 is 33.6. The van der Waals surface area contributed by atoms with E-state index in [2.05, 4.69) is 26.0 Å². The minimum atomic E-state index is -3.80. The smallest absolute Gasteiger partial charge is 0.262 e. The van der Waals surface area contributed by atoms with Crippen molar-refractivity contribution >= 4 is 54.8 Å². The van der Waals surface area contributed by atoms with Gasteiger partial charge in [-0.25, -0.2) is 8.42 Å². The summed E-state index contributed by atoms with van der Waals surface area (Å²) in [4.78, 5) is 12.1. The highest BCUT2D eigenvalue weighted by atomic mass is 79.9. The highest BCUT2D eigenvalue weighted by Gasteiger charge is 2.17. The van der Waals surface area contributed by atoms with Crippen LogP contribution in [0.5, 0.6) is 5.75 Å². The molecule has 3 aromatic rings. The van der Waals surface area contributed by atoms with E-state index in [-0.39, 0.29) is 28.2 Å². The number of carbonyl (C=O) groups is 1. The van der Waals surface area contributed by atoms with Gasteiger partial charge in [-0.15, -0.1) is 0 Å². The summed E-state index contributed by atoms with van der Waals surface area (Å²) >= 11 is 9.49. The van der Waals surface area contributed by atoms with E-state index in [1.165, 1.54) is 18.2 Å². The van der Waals surface area contributed by atoms with Gasteiger partial charge in [0.2, 0.25) is 0 Å². The fraction of sp³-hybridized carbons (Fsp3) is 0.0500. The summed E-state index contributed by atoms with van der Waals surface area (Å²) in [6.45, 7) is -0.282. The molecule has 0 saturated carbocycles. The van der Waals surface area contributed by atoms with Crippen molar-refractivity contribution in [3.63, 3.8) is 0 Å². The Hall–Kier alpha value is -2.55. The fourth-order valence-corrected chi connectivity index (χ4v) is 4.15. The number of nitrogens with one attached hydrogen (secondary N) is 2. The molecule has 3 aromatic carbocycles. The third-order valence-electron chi connectivity index (χ3n) is 3.75. The number of sulfonamides is 1. The van der Waals surface area contributed by atoms with E-state index in [0.29, 0.717) is 11.4 Å². The van der Waals surface area contributed by atoms with Crippen LogP contribution in [0.1, 0.15) is 0 Å². The van der Waals surface area contributed by atoms with E-state index < -0.39 is 10.0 Å². The van der Waals surface area contributed by atoms with E-state index in [1.54, 1.807) is 48.5 Å². The van der Waals surface area contributed by atoms with E-state index >= 15 is 0 Å². The number of anilines is 2. The second-order valence-corrected chi connectivity index (χ2v) is 8.82. The van der Waals surface area contributed by atoms with Crippen LogP contribution < -0.4 is 14.8 Å². The minimum Gasteiger partial charge on any atom is -0.482 e. The predicted octanol–water partition coefficient (Wildman–Crippen LogP) is 4.92. The van der Waals surface area contributed by atoms with E-state index in [9.17, 15) is 13.2 Å². The number of amides is 1. The minimum absolute atomic E-state index is 0.0172. The van der Waals surface area contributed by atoms with Crippen molar-refractivity contribution in [2.45, 2.75) is 4.90 Å². The Labute approximate surface area is 182 Å². The largest absolute Gasteiger partial charge is 0.482 e. The first-order chi connectivity index (χ1) is 13.8. The molecular formula is C20H16BrClN2O4S. The van der Waals surface area contributed by atoms with E-state index in [1.807, 2.05) is 6.07 Å². The van der Waals surface area contributed by atoms with Crippen LogP contribution in [0.3, 0.4) is 0 Å². The van der Waals surface area contributed by atoms with Gasteiger partial charge in [0.25, 0.3) is 15.9 Å². The number of ether oxygens (including phenoxy) is 1. The monoisotopic (exact) mass is 494 g/mol. The number of carbonyl (C=O) groups excluding carboxylic acids is 1. The first-order valence-electron chi connectivity index (χ1n) is 8.40. The Balaban J connectivity index is 1.65. The van der Waals surface area contributed by atoms with Crippen molar-refractivity contribution in [1.82, 2.24) is 0 Å². The van der Waals surface area contributed by atoms with Crippen LogP contribution in [0.15, 0.2) is 82.2 Å². The molecular weight excluding hydrogens is 480 g/mol. The normalized spacial score (nSPS) is 11.0. The summed E-state index contributed by atoms with van der Waals surface area (Å²) in [5.41, 5.74) is 1.05. The summed E-state index contributed by atoms with van der Waals surface area (Å²) in [7, 11) is -3.80. The van der Waals surface area contributed by atoms with Crippen LogP contribution in [-0.4, -0.2) is 20.9 Å². The molecule has 0 fully saturated rings. The van der Waals surface area contributed by atoms with Gasteiger partial charge in [0, 0.05) is 10.2 Å². The zero-order valence-corrected chi connectivity index (χ0v) is 18.1. The Morgan fingerprint density at radius 1 is 1.00 bits per heavy atom. The molecule has 0 bridgehead atoms. The van der Waals surface area contributed by atoms with Crippen LogP contribution in [0.2, 0.25) is 5.02 Å². The molecule has 0 heterocycles. The zero-order valence-electron chi connectivity index (χ0n) is 14.9. The standard InChI is InChI=1S/C20H16BrClN2O4S/c21-16-8-4-5-9-18(16)23-20(25)13-28-19-11-10-15(12-17(19)22)29(26,27)24-14-6-2-1-3-7-14/h1-12,24H,13H2,(H,23,25).